The number of aliphatic carboxylic acids is 1. The van der Waals surface area contributed by atoms with Crippen molar-refractivity contribution in [3.8, 4) is 0 Å². The molecule has 1 fully saturated rings. The van der Waals surface area contributed by atoms with Crippen LogP contribution in [0, 0.1) is 11.3 Å². The highest BCUT2D eigenvalue weighted by Crippen LogP contribution is 2.30. The molecule has 110 valence electrons. The first-order chi connectivity index (χ1) is 8.77. The fraction of sp³-hybridized carbons (Fsp3) is 0.867. The second kappa shape index (κ2) is 6.40. The third-order valence-corrected chi connectivity index (χ3v) is 4.51. The standard InChI is InChI=1S/C15H27NO3/c1-5-11-6-8-12(9-7-11)16(4)13(17)10-15(2,3)14(18)19/h11-12H,5-10H2,1-4H3,(H,18,19). The molecular formula is C15H27NO3. The monoisotopic (exact) mass is 269 g/mol. The molecule has 19 heavy (non-hydrogen) atoms. The lowest BCUT2D eigenvalue weighted by Gasteiger charge is -2.35. The average Bonchev–Trinajstić information content (AvgIpc) is 2.37. The topological polar surface area (TPSA) is 57.6 Å². The summed E-state index contributed by atoms with van der Waals surface area (Å²) in [6.07, 6.45) is 5.76. The van der Waals surface area contributed by atoms with Crippen LogP contribution in [0.4, 0.5) is 0 Å². The number of carbonyl (C=O) groups is 2. The minimum atomic E-state index is -0.980. The highest BCUT2D eigenvalue weighted by Gasteiger charge is 2.33. The van der Waals surface area contributed by atoms with E-state index in [0.29, 0.717) is 6.04 Å². The summed E-state index contributed by atoms with van der Waals surface area (Å²) in [5.74, 6) is -0.161. The quantitative estimate of drug-likeness (QED) is 0.835. The molecular weight excluding hydrogens is 242 g/mol. The van der Waals surface area contributed by atoms with E-state index in [0.717, 1.165) is 18.8 Å². The molecule has 1 aliphatic rings. The summed E-state index contributed by atoms with van der Waals surface area (Å²) in [5.41, 5.74) is -0.980. The van der Waals surface area contributed by atoms with Gasteiger partial charge in [-0.1, -0.05) is 13.3 Å². The van der Waals surface area contributed by atoms with Crippen molar-refractivity contribution in [1.29, 1.82) is 0 Å². The van der Waals surface area contributed by atoms with Gasteiger partial charge in [0, 0.05) is 19.5 Å². The van der Waals surface area contributed by atoms with Crippen LogP contribution in [0.15, 0.2) is 0 Å². The van der Waals surface area contributed by atoms with E-state index in [9.17, 15) is 9.59 Å². The molecule has 1 amide bonds. The Labute approximate surface area is 116 Å². The first kappa shape index (κ1) is 16.0. The van der Waals surface area contributed by atoms with Crippen molar-refractivity contribution < 1.29 is 14.7 Å². The predicted molar refractivity (Wildman–Crippen MR) is 74.8 cm³/mol. The highest BCUT2D eigenvalue weighted by molar-refractivity contribution is 5.84. The lowest BCUT2D eigenvalue weighted by Crippen LogP contribution is -2.42. The van der Waals surface area contributed by atoms with Gasteiger partial charge in [-0.2, -0.15) is 0 Å². The summed E-state index contributed by atoms with van der Waals surface area (Å²) in [6.45, 7) is 5.43. The van der Waals surface area contributed by atoms with E-state index < -0.39 is 11.4 Å². The van der Waals surface area contributed by atoms with Crippen LogP contribution in [0.3, 0.4) is 0 Å². The van der Waals surface area contributed by atoms with Crippen LogP contribution in [-0.2, 0) is 9.59 Å². The number of hydrogen-bond donors (Lipinski definition) is 1. The first-order valence-corrected chi connectivity index (χ1v) is 7.27. The van der Waals surface area contributed by atoms with Crippen LogP contribution in [0.25, 0.3) is 0 Å². The maximum atomic E-state index is 12.2. The van der Waals surface area contributed by atoms with E-state index in [2.05, 4.69) is 6.92 Å². The molecule has 0 unspecified atom stereocenters. The third kappa shape index (κ3) is 4.22. The molecule has 1 aliphatic carbocycles. The van der Waals surface area contributed by atoms with Crippen molar-refractivity contribution in [1.82, 2.24) is 4.90 Å². The van der Waals surface area contributed by atoms with E-state index in [1.807, 2.05) is 7.05 Å². The molecule has 1 N–H and O–H groups in total. The van der Waals surface area contributed by atoms with Gasteiger partial charge in [0.2, 0.25) is 5.91 Å². The van der Waals surface area contributed by atoms with E-state index in [-0.39, 0.29) is 12.3 Å². The molecule has 4 nitrogen and oxygen atoms in total. The second-order valence-electron chi connectivity index (χ2n) is 6.45. The van der Waals surface area contributed by atoms with Crippen molar-refractivity contribution in [2.24, 2.45) is 11.3 Å². The summed E-state index contributed by atoms with van der Waals surface area (Å²) in [7, 11) is 1.82. The second-order valence-corrected chi connectivity index (χ2v) is 6.45. The maximum absolute atomic E-state index is 12.2. The Morgan fingerprint density at radius 2 is 1.74 bits per heavy atom. The van der Waals surface area contributed by atoms with Crippen molar-refractivity contribution in [3.63, 3.8) is 0 Å². The van der Waals surface area contributed by atoms with Gasteiger partial charge in [0.05, 0.1) is 5.41 Å². The number of hydrogen-bond acceptors (Lipinski definition) is 2. The fourth-order valence-corrected chi connectivity index (χ4v) is 2.72. The van der Waals surface area contributed by atoms with Gasteiger partial charge in [-0.15, -0.1) is 0 Å². The van der Waals surface area contributed by atoms with E-state index in [4.69, 9.17) is 5.11 Å². The van der Waals surface area contributed by atoms with Gasteiger partial charge in [-0.3, -0.25) is 9.59 Å². The highest BCUT2D eigenvalue weighted by atomic mass is 16.4. The van der Waals surface area contributed by atoms with E-state index in [1.54, 1.807) is 18.7 Å². The van der Waals surface area contributed by atoms with E-state index >= 15 is 0 Å². The SMILES string of the molecule is CCC1CCC(N(C)C(=O)CC(C)(C)C(=O)O)CC1. The molecule has 0 spiro atoms. The molecule has 0 bridgehead atoms. The van der Waals surface area contributed by atoms with Gasteiger partial charge in [0.15, 0.2) is 0 Å². The smallest absolute Gasteiger partial charge is 0.309 e. The Balaban J connectivity index is 2.52. The van der Waals surface area contributed by atoms with Crippen molar-refractivity contribution in [3.05, 3.63) is 0 Å². The molecule has 0 radical (unpaired) electrons. The Kier molecular flexibility index (Phi) is 5.39. The lowest BCUT2D eigenvalue weighted by molar-refractivity contribution is -0.151. The van der Waals surface area contributed by atoms with Crippen LogP contribution in [0.1, 0.15) is 59.3 Å². The molecule has 0 aromatic carbocycles. The molecule has 0 heterocycles. The molecule has 0 aliphatic heterocycles. The Morgan fingerprint density at radius 1 is 1.21 bits per heavy atom. The summed E-state index contributed by atoms with van der Waals surface area (Å²) in [4.78, 5) is 25.0. The summed E-state index contributed by atoms with van der Waals surface area (Å²) in [5, 5.41) is 9.08. The van der Waals surface area contributed by atoms with Gasteiger partial charge in [-0.25, -0.2) is 0 Å². The molecule has 0 aromatic rings. The van der Waals surface area contributed by atoms with Crippen LogP contribution < -0.4 is 0 Å². The number of carboxylic acid groups (broad SMARTS) is 1. The summed E-state index contributed by atoms with van der Waals surface area (Å²) < 4.78 is 0. The van der Waals surface area contributed by atoms with Crippen molar-refractivity contribution in [2.45, 2.75) is 65.3 Å². The molecule has 0 aromatic heterocycles. The lowest BCUT2D eigenvalue weighted by atomic mass is 9.83. The van der Waals surface area contributed by atoms with Gasteiger partial charge >= 0.3 is 5.97 Å². The molecule has 0 atom stereocenters. The molecule has 1 saturated carbocycles. The van der Waals surface area contributed by atoms with E-state index in [1.165, 1.54) is 19.3 Å². The van der Waals surface area contributed by atoms with Crippen LogP contribution in [0.2, 0.25) is 0 Å². The van der Waals surface area contributed by atoms with Gasteiger partial charge in [-0.05, 0) is 45.4 Å². The number of amides is 1. The fourth-order valence-electron chi connectivity index (χ4n) is 2.72. The minimum absolute atomic E-state index is 0.0488. The number of carbonyl (C=O) groups excluding carboxylic acids is 1. The van der Waals surface area contributed by atoms with Gasteiger partial charge in [0.25, 0.3) is 0 Å². The molecule has 4 heteroatoms. The largest absolute Gasteiger partial charge is 0.481 e. The minimum Gasteiger partial charge on any atom is -0.481 e. The van der Waals surface area contributed by atoms with Gasteiger partial charge < -0.3 is 10.0 Å². The zero-order chi connectivity index (χ0) is 14.6. The Hall–Kier alpha value is -1.06. The normalized spacial score (nSPS) is 24.0. The first-order valence-electron chi connectivity index (χ1n) is 7.27. The zero-order valence-electron chi connectivity index (χ0n) is 12.6. The average molecular weight is 269 g/mol. The van der Waals surface area contributed by atoms with Crippen LogP contribution in [-0.4, -0.2) is 35.0 Å². The van der Waals surface area contributed by atoms with Crippen molar-refractivity contribution >= 4 is 11.9 Å². The number of rotatable bonds is 5. The van der Waals surface area contributed by atoms with Crippen molar-refractivity contribution in [2.75, 3.05) is 7.05 Å². The van der Waals surface area contributed by atoms with Crippen LogP contribution in [0.5, 0.6) is 0 Å². The molecule has 1 rings (SSSR count). The Morgan fingerprint density at radius 3 is 2.16 bits per heavy atom. The van der Waals surface area contributed by atoms with Gasteiger partial charge in [0.1, 0.15) is 0 Å². The zero-order valence-corrected chi connectivity index (χ0v) is 12.6. The summed E-state index contributed by atoms with van der Waals surface area (Å²) in [6, 6.07) is 0.292. The maximum Gasteiger partial charge on any atom is 0.309 e. The number of carboxylic acids is 1. The Bertz CT molecular complexity index is 330. The van der Waals surface area contributed by atoms with Crippen LogP contribution >= 0.6 is 0 Å². The number of nitrogens with zero attached hydrogens (tertiary/aromatic N) is 1. The predicted octanol–water partition coefficient (Wildman–Crippen LogP) is 2.91. The molecule has 0 saturated heterocycles. The summed E-state index contributed by atoms with van der Waals surface area (Å²) >= 11 is 0. The third-order valence-electron chi connectivity index (χ3n) is 4.51.